The molecule has 19 heavy (non-hydrogen) atoms. The summed E-state index contributed by atoms with van der Waals surface area (Å²) < 4.78 is 33.2. The zero-order chi connectivity index (χ0) is 13.9. The Morgan fingerprint density at radius 2 is 2.00 bits per heavy atom. The van der Waals surface area contributed by atoms with Gasteiger partial charge in [0, 0.05) is 7.11 Å². The summed E-state index contributed by atoms with van der Waals surface area (Å²) in [6.45, 7) is 8.38. The monoisotopic (exact) mass is 274 g/mol. The number of fused-ring (bicyclic) bond motifs is 1. The summed E-state index contributed by atoms with van der Waals surface area (Å²) >= 11 is 0. The molecule has 0 amide bonds. The highest BCUT2D eigenvalue weighted by atomic mass is 16.8. The van der Waals surface area contributed by atoms with E-state index in [1.807, 2.05) is 13.8 Å². The first kappa shape index (κ1) is 14.9. The van der Waals surface area contributed by atoms with E-state index in [1.165, 1.54) is 0 Å². The van der Waals surface area contributed by atoms with E-state index in [0.29, 0.717) is 13.2 Å². The molecule has 2 rings (SSSR count). The molecule has 0 aromatic heterocycles. The molecule has 2 heterocycles. The number of rotatable bonds is 7. The smallest absolute Gasteiger partial charge is 0.187 e. The molecule has 0 radical (unpaired) electrons. The summed E-state index contributed by atoms with van der Waals surface area (Å²) in [7, 11) is 1.58. The fourth-order valence-corrected chi connectivity index (χ4v) is 2.32. The van der Waals surface area contributed by atoms with E-state index in [1.54, 1.807) is 13.2 Å². The van der Waals surface area contributed by atoms with Crippen molar-refractivity contribution in [3.05, 3.63) is 12.7 Å². The molecule has 0 spiro atoms. The van der Waals surface area contributed by atoms with Crippen molar-refractivity contribution in [2.45, 2.75) is 44.2 Å². The van der Waals surface area contributed by atoms with Crippen LogP contribution >= 0.6 is 0 Å². The van der Waals surface area contributed by atoms with Crippen LogP contribution in [0.2, 0.25) is 0 Å². The molecule has 0 bridgehead atoms. The van der Waals surface area contributed by atoms with E-state index in [9.17, 15) is 0 Å². The van der Waals surface area contributed by atoms with Gasteiger partial charge in [-0.3, -0.25) is 0 Å². The number of hydrogen-bond acceptors (Lipinski definition) is 6. The zero-order valence-corrected chi connectivity index (χ0v) is 11.7. The molecule has 0 N–H and O–H groups in total. The molecule has 2 saturated heterocycles. The van der Waals surface area contributed by atoms with Gasteiger partial charge in [0.15, 0.2) is 12.1 Å². The van der Waals surface area contributed by atoms with Gasteiger partial charge in [0.05, 0.1) is 13.2 Å². The molecule has 0 saturated carbocycles. The third kappa shape index (κ3) is 3.53. The predicted octanol–water partition coefficient (Wildman–Crippen LogP) is 1.05. The Morgan fingerprint density at radius 3 is 2.68 bits per heavy atom. The van der Waals surface area contributed by atoms with Crippen LogP contribution in [0.1, 0.15) is 13.8 Å². The highest BCUT2D eigenvalue weighted by molar-refractivity contribution is 4.95. The van der Waals surface area contributed by atoms with E-state index in [2.05, 4.69) is 6.58 Å². The summed E-state index contributed by atoms with van der Waals surface area (Å²) in [6, 6.07) is 0. The van der Waals surface area contributed by atoms with Gasteiger partial charge in [0.1, 0.15) is 25.1 Å². The van der Waals surface area contributed by atoms with Gasteiger partial charge >= 0.3 is 0 Å². The molecular weight excluding hydrogens is 252 g/mol. The Kier molecular flexibility index (Phi) is 4.94. The topological polar surface area (TPSA) is 55.4 Å². The van der Waals surface area contributed by atoms with Gasteiger partial charge in [-0.15, -0.1) is 6.58 Å². The first-order valence-corrected chi connectivity index (χ1v) is 6.37. The van der Waals surface area contributed by atoms with Crippen molar-refractivity contribution in [3.8, 4) is 0 Å². The lowest BCUT2D eigenvalue weighted by Crippen LogP contribution is -2.33. The van der Waals surface area contributed by atoms with Gasteiger partial charge in [-0.1, -0.05) is 6.08 Å². The van der Waals surface area contributed by atoms with Crippen LogP contribution in [0, 0.1) is 0 Å². The van der Waals surface area contributed by atoms with Crippen LogP contribution in [0.5, 0.6) is 0 Å². The summed E-state index contributed by atoms with van der Waals surface area (Å²) in [4.78, 5) is 0. The van der Waals surface area contributed by atoms with E-state index in [-0.39, 0.29) is 25.1 Å². The highest BCUT2D eigenvalue weighted by Crippen LogP contribution is 2.39. The molecule has 4 atom stereocenters. The first-order chi connectivity index (χ1) is 9.07. The van der Waals surface area contributed by atoms with Crippen molar-refractivity contribution in [2.75, 3.05) is 27.1 Å². The lowest BCUT2D eigenvalue weighted by atomic mass is 10.1. The molecule has 110 valence electrons. The summed E-state index contributed by atoms with van der Waals surface area (Å²) in [5, 5.41) is 0. The largest absolute Gasteiger partial charge is 0.359 e. The van der Waals surface area contributed by atoms with E-state index >= 15 is 0 Å². The Hall–Kier alpha value is -0.500. The first-order valence-electron chi connectivity index (χ1n) is 6.37. The maximum Gasteiger partial charge on any atom is 0.187 e. The lowest BCUT2D eigenvalue weighted by molar-refractivity contribution is -0.237. The molecule has 2 aliphatic rings. The fourth-order valence-electron chi connectivity index (χ4n) is 2.32. The zero-order valence-electron chi connectivity index (χ0n) is 11.7. The Labute approximate surface area is 113 Å². The van der Waals surface area contributed by atoms with Crippen molar-refractivity contribution in [3.63, 3.8) is 0 Å². The maximum absolute atomic E-state index is 5.85. The van der Waals surface area contributed by atoms with E-state index in [4.69, 9.17) is 28.4 Å². The summed E-state index contributed by atoms with van der Waals surface area (Å²) in [6.07, 6.45) is 0.555. The van der Waals surface area contributed by atoms with Gasteiger partial charge in [0.25, 0.3) is 0 Å². The molecule has 6 nitrogen and oxygen atoms in total. The minimum atomic E-state index is -0.631. The predicted molar refractivity (Wildman–Crippen MR) is 66.5 cm³/mol. The summed E-state index contributed by atoms with van der Waals surface area (Å²) in [5.74, 6) is -0.631. The normalized spacial score (nSPS) is 36.4. The van der Waals surface area contributed by atoms with Crippen LogP contribution < -0.4 is 0 Å². The summed E-state index contributed by atoms with van der Waals surface area (Å²) in [5.41, 5.74) is 0. The second-order valence-corrected chi connectivity index (χ2v) is 5.01. The van der Waals surface area contributed by atoms with Gasteiger partial charge < -0.3 is 28.4 Å². The van der Waals surface area contributed by atoms with E-state index < -0.39 is 12.1 Å². The Bertz CT molecular complexity index is 306. The average molecular weight is 274 g/mol. The van der Waals surface area contributed by atoms with Gasteiger partial charge in [0.2, 0.25) is 0 Å². The van der Waals surface area contributed by atoms with Crippen LogP contribution in [0.3, 0.4) is 0 Å². The molecule has 6 heteroatoms. The number of ether oxygens (including phenoxy) is 6. The van der Waals surface area contributed by atoms with Crippen molar-refractivity contribution >= 4 is 0 Å². The quantitative estimate of drug-likeness (QED) is 0.393. The van der Waals surface area contributed by atoms with Crippen LogP contribution in [-0.4, -0.2) is 57.5 Å². The number of hydrogen-bond donors (Lipinski definition) is 0. The SMILES string of the molecule is C=CCO[C@@H]1O[C@@H](COCOC)[C@H]2OC(C)(C)O[C@@H]12. The maximum atomic E-state index is 5.85. The minimum Gasteiger partial charge on any atom is -0.359 e. The third-order valence-electron chi connectivity index (χ3n) is 2.97. The second kappa shape index (κ2) is 6.30. The lowest BCUT2D eigenvalue weighted by Gasteiger charge is -2.23. The fraction of sp³-hybridized carbons (Fsp3) is 0.846. The van der Waals surface area contributed by atoms with Crippen molar-refractivity contribution in [1.29, 1.82) is 0 Å². The molecule has 0 aromatic carbocycles. The molecule has 0 aromatic rings. The number of methoxy groups -OCH3 is 1. The Balaban J connectivity index is 1.95. The van der Waals surface area contributed by atoms with Crippen LogP contribution in [0.15, 0.2) is 12.7 Å². The van der Waals surface area contributed by atoms with Crippen LogP contribution in [-0.2, 0) is 28.4 Å². The molecule has 2 fully saturated rings. The van der Waals surface area contributed by atoms with Gasteiger partial charge in [-0.25, -0.2) is 0 Å². The molecule has 2 aliphatic heterocycles. The molecule has 0 aliphatic carbocycles. The van der Waals surface area contributed by atoms with Crippen LogP contribution in [0.4, 0.5) is 0 Å². The van der Waals surface area contributed by atoms with Crippen LogP contribution in [0.25, 0.3) is 0 Å². The average Bonchev–Trinajstić information content (AvgIpc) is 2.82. The third-order valence-corrected chi connectivity index (χ3v) is 2.97. The van der Waals surface area contributed by atoms with Crippen molar-refractivity contribution < 1.29 is 28.4 Å². The standard InChI is InChI=1S/C13H22O6/c1-5-6-16-12-11-10(18-13(2,3)19-11)9(17-12)7-15-8-14-4/h5,9-12H,1,6-8H2,2-4H3/t9-,10+,11+,12+/m0/s1. The van der Waals surface area contributed by atoms with Gasteiger partial charge in [-0.2, -0.15) is 0 Å². The van der Waals surface area contributed by atoms with E-state index in [0.717, 1.165) is 0 Å². The van der Waals surface area contributed by atoms with Crippen molar-refractivity contribution in [1.82, 2.24) is 0 Å². The minimum absolute atomic E-state index is 0.193. The van der Waals surface area contributed by atoms with Gasteiger partial charge in [-0.05, 0) is 13.8 Å². The molecular formula is C13H22O6. The van der Waals surface area contributed by atoms with Crippen molar-refractivity contribution in [2.24, 2.45) is 0 Å². The highest BCUT2D eigenvalue weighted by Gasteiger charge is 2.55. The molecule has 0 unspecified atom stereocenters. The second-order valence-electron chi connectivity index (χ2n) is 5.01. The Morgan fingerprint density at radius 1 is 1.26 bits per heavy atom.